The number of alkyl carbamates (subject to hydrolysis) is 1. The number of nitrogens with one attached hydrogen (secondary N) is 1. The first kappa shape index (κ1) is 21.3. The minimum absolute atomic E-state index is 0.0380. The summed E-state index contributed by atoms with van der Waals surface area (Å²) in [4.78, 5) is 39.6. The van der Waals surface area contributed by atoms with Crippen LogP contribution in [0.15, 0.2) is 48.5 Å². The number of carboxylic acids is 1. The molecule has 0 fully saturated rings. The second-order valence-corrected chi connectivity index (χ2v) is 7.11. The molecule has 1 unspecified atom stereocenters. The zero-order valence-corrected chi connectivity index (χ0v) is 16.8. The van der Waals surface area contributed by atoms with Crippen molar-refractivity contribution in [2.75, 3.05) is 26.8 Å². The molecule has 1 atom stereocenters. The van der Waals surface area contributed by atoms with Gasteiger partial charge in [0.2, 0.25) is 5.91 Å². The largest absolute Gasteiger partial charge is 0.479 e. The molecule has 2 N–H and O–H groups in total. The van der Waals surface area contributed by atoms with Gasteiger partial charge in [0.15, 0.2) is 6.61 Å². The molecule has 0 bridgehead atoms. The summed E-state index contributed by atoms with van der Waals surface area (Å²) in [5, 5.41) is 12.0. The van der Waals surface area contributed by atoms with Crippen LogP contribution in [0.3, 0.4) is 0 Å². The first-order valence-electron chi connectivity index (χ1n) is 9.59. The van der Waals surface area contributed by atoms with E-state index < -0.39 is 30.5 Å². The Kier molecular flexibility index (Phi) is 6.68. The van der Waals surface area contributed by atoms with Crippen LogP contribution >= 0.6 is 0 Å². The highest BCUT2D eigenvalue weighted by molar-refractivity contribution is 5.80. The number of hydrogen-bond acceptors (Lipinski definition) is 5. The molecular formula is C22H24N2O6. The zero-order valence-electron chi connectivity index (χ0n) is 16.8. The van der Waals surface area contributed by atoms with E-state index in [2.05, 4.69) is 17.4 Å². The molecule has 158 valence electrons. The average Bonchev–Trinajstić information content (AvgIpc) is 3.07. The smallest absolute Gasteiger partial charge is 0.407 e. The van der Waals surface area contributed by atoms with Crippen molar-refractivity contribution < 1.29 is 29.1 Å². The van der Waals surface area contributed by atoms with Gasteiger partial charge in [-0.3, -0.25) is 9.63 Å². The van der Waals surface area contributed by atoms with Crippen LogP contribution in [0.2, 0.25) is 0 Å². The lowest BCUT2D eigenvalue weighted by Crippen LogP contribution is -2.39. The van der Waals surface area contributed by atoms with Crippen molar-refractivity contribution in [3.63, 3.8) is 0 Å². The third-order valence-corrected chi connectivity index (χ3v) is 5.01. The van der Waals surface area contributed by atoms with Gasteiger partial charge in [0.1, 0.15) is 6.61 Å². The standard InChI is InChI=1S/C22H24N2O6/c1-14(21(27)24(2)30-13-20(25)26)11-23-22(28)29-12-19-17-9-5-3-7-15(17)16-8-4-6-10-18(16)19/h3-10,14,19H,11-13H2,1-2H3,(H,23,28)(H,25,26). The molecule has 1 aliphatic rings. The number of rotatable bonds is 8. The van der Waals surface area contributed by atoms with Crippen LogP contribution in [0.5, 0.6) is 0 Å². The highest BCUT2D eigenvalue weighted by atomic mass is 16.7. The minimum Gasteiger partial charge on any atom is -0.479 e. The van der Waals surface area contributed by atoms with E-state index in [1.54, 1.807) is 6.92 Å². The summed E-state index contributed by atoms with van der Waals surface area (Å²) in [5.41, 5.74) is 4.52. The van der Waals surface area contributed by atoms with Crippen molar-refractivity contribution in [3.05, 3.63) is 59.7 Å². The Balaban J connectivity index is 1.52. The summed E-state index contributed by atoms with van der Waals surface area (Å²) >= 11 is 0. The minimum atomic E-state index is -1.18. The maximum absolute atomic E-state index is 12.2. The third kappa shape index (κ3) is 4.77. The number of fused-ring (bicyclic) bond motifs is 3. The number of carbonyl (C=O) groups is 3. The van der Waals surface area contributed by atoms with E-state index in [4.69, 9.17) is 14.7 Å². The molecule has 2 aromatic rings. The Morgan fingerprint density at radius 1 is 1.07 bits per heavy atom. The van der Waals surface area contributed by atoms with Gasteiger partial charge in [-0.1, -0.05) is 55.5 Å². The monoisotopic (exact) mass is 412 g/mol. The van der Waals surface area contributed by atoms with Gasteiger partial charge in [-0.25, -0.2) is 14.7 Å². The first-order valence-corrected chi connectivity index (χ1v) is 9.59. The van der Waals surface area contributed by atoms with Gasteiger partial charge in [0, 0.05) is 19.5 Å². The maximum Gasteiger partial charge on any atom is 0.407 e. The van der Waals surface area contributed by atoms with Crippen LogP contribution in [0, 0.1) is 5.92 Å². The number of hydroxylamine groups is 2. The van der Waals surface area contributed by atoms with Crippen LogP contribution in [-0.4, -0.2) is 54.9 Å². The van der Waals surface area contributed by atoms with Gasteiger partial charge < -0.3 is 15.2 Å². The Morgan fingerprint density at radius 3 is 2.20 bits per heavy atom. The average molecular weight is 412 g/mol. The van der Waals surface area contributed by atoms with Gasteiger partial charge >= 0.3 is 12.1 Å². The van der Waals surface area contributed by atoms with Gasteiger partial charge in [-0.2, -0.15) is 0 Å². The number of carbonyl (C=O) groups excluding carboxylic acids is 2. The number of hydrogen-bond donors (Lipinski definition) is 2. The molecule has 0 heterocycles. The quantitative estimate of drug-likeness (QED) is 0.646. The van der Waals surface area contributed by atoms with E-state index in [0.717, 1.165) is 27.3 Å². The lowest BCUT2D eigenvalue weighted by atomic mass is 9.98. The molecular weight excluding hydrogens is 388 g/mol. The predicted molar refractivity (Wildman–Crippen MR) is 109 cm³/mol. The van der Waals surface area contributed by atoms with E-state index in [9.17, 15) is 14.4 Å². The molecule has 0 aromatic heterocycles. The number of aliphatic carboxylic acids is 1. The molecule has 0 radical (unpaired) electrons. The molecule has 0 spiro atoms. The topological polar surface area (TPSA) is 105 Å². The first-order chi connectivity index (χ1) is 14.4. The SMILES string of the molecule is CC(CNC(=O)OCC1c2ccccc2-c2ccccc21)C(=O)N(C)OCC(=O)O. The van der Waals surface area contributed by atoms with Crippen molar-refractivity contribution >= 4 is 18.0 Å². The van der Waals surface area contributed by atoms with Crippen LogP contribution < -0.4 is 5.32 Å². The van der Waals surface area contributed by atoms with E-state index in [1.807, 2.05) is 36.4 Å². The maximum atomic E-state index is 12.2. The van der Waals surface area contributed by atoms with Gasteiger partial charge in [0.05, 0.1) is 5.92 Å². The van der Waals surface area contributed by atoms with Crippen LogP contribution in [-0.2, 0) is 19.2 Å². The second kappa shape index (κ2) is 9.41. The lowest BCUT2D eigenvalue weighted by molar-refractivity contribution is -0.188. The molecule has 30 heavy (non-hydrogen) atoms. The van der Waals surface area contributed by atoms with Crippen LogP contribution in [0.4, 0.5) is 4.79 Å². The molecule has 0 saturated carbocycles. The zero-order chi connectivity index (χ0) is 21.7. The van der Waals surface area contributed by atoms with Gasteiger partial charge in [0.25, 0.3) is 0 Å². The Bertz CT molecular complexity index is 899. The van der Waals surface area contributed by atoms with E-state index in [-0.39, 0.29) is 19.1 Å². The number of amides is 2. The van der Waals surface area contributed by atoms with Gasteiger partial charge in [-0.15, -0.1) is 0 Å². The molecule has 3 rings (SSSR count). The molecule has 1 aliphatic carbocycles. The summed E-state index contributed by atoms with van der Waals surface area (Å²) < 4.78 is 5.43. The number of carboxylic acid groups (broad SMARTS) is 1. The highest BCUT2D eigenvalue weighted by Gasteiger charge is 2.29. The highest BCUT2D eigenvalue weighted by Crippen LogP contribution is 2.44. The molecule has 8 nitrogen and oxygen atoms in total. The van der Waals surface area contributed by atoms with Crippen molar-refractivity contribution in [2.45, 2.75) is 12.8 Å². The summed E-state index contributed by atoms with van der Waals surface area (Å²) in [6.07, 6.45) is -0.620. The fourth-order valence-electron chi connectivity index (χ4n) is 3.50. The fraction of sp³-hybridized carbons (Fsp3) is 0.318. The normalized spacial score (nSPS) is 13.1. The second-order valence-electron chi connectivity index (χ2n) is 7.11. The Hall–Kier alpha value is -3.39. The third-order valence-electron chi connectivity index (χ3n) is 5.01. The van der Waals surface area contributed by atoms with E-state index in [0.29, 0.717) is 0 Å². The lowest BCUT2D eigenvalue weighted by Gasteiger charge is -2.20. The summed E-state index contributed by atoms with van der Waals surface area (Å²) in [6.45, 7) is 1.21. The number of ether oxygens (including phenoxy) is 1. The Labute approximate surface area is 174 Å². The predicted octanol–water partition coefficient (Wildman–Crippen LogP) is 2.64. The van der Waals surface area contributed by atoms with E-state index in [1.165, 1.54) is 7.05 Å². The number of benzene rings is 2. The molecule has 2 amide bonds. The van der Waals surface area contributed by atoms with Crippen molar-refractivity contribution in [2.24, 2.45) is 5.92 Å². The van der Waals surface area contributed by atoms with Crippen LogP contribution in [0.25, 0.3) is 11.1 Å². The van der Waals surface area contributed by atoms with Crippen LogP contribution in [0.1, 0.15) is 24.0 Å². The van der Waals surface area contributed by atoms with Crippen molar-refractivity contribution in [3.8, 4) is 11.1 Å². The molecule has 2 aromatic carbocycles. The molecule has 0 aliphatic heterocycles. The summed E-state index contributed by atoms with van der Waals surface area (Å²) in [5.74, 6) is -2.28. The summed E-state index contributed by atoms with van der Waals surface area (Å²) in [6, 6.07) is 16.1. The van der Waals surface area contributed by atoms with Gasteiger partial charge in [-0.05, 0) is 22.3 Å². The fourth-order valence-corrected chi connectivity index (χ4v) is 3.50. The van der Waals surface area contributed by atoms with Crippen molar-refractivity contribution in [1.82, 2.24) is 10.4 Å². The molecule has 0 saturated heterocycles. The Morgan fingerprint density at radius 2 is 1.63 bits per heavy atom. The molecule has 8 heteroatoms. The van der Waals surface area contributed by atoms with Crippen molar-refractivity contribution in [1.29, 1.82) is 0 Å². The number of nitrogens with zero attached hydrogens (tertiary/aromatic N) is 1. The van der Waals surface area contributed by atoms with E-state index >= 15 is 0 Å². The summed E-state index contributed by atoms with van der Waals surface area (Å²) in [7, 11) is 1.33.